The summed E-state index contributed by atoms with van der Waals surface area (Å²) in [7, 11) is 0. The maximum absolute atomic E-state index is 12.8. The topological polar surface area (TPSA) is 75.9 Å². The zero-order chi connectivity index (χ0) is 18.4. The van der Waals surface area contributed by atoms with Crippen molar-refractivity contribution >= 4 is 17.2 Å². The summed E-state index contributed by atoms with van der Waals surface area (Å²) in [6.07, 6.45) is 4.59. The average Bonchev–Trinajstić information content (AvgIpc) is 3.39. The molecule has 0 bridgehead atoms. The Balaban J connectivity index is 1.77. The number of amides is 1. The molecule has 1 N–H and O–H groups in total. The normalized spacial score (nSPS) is 12.3. The van der Waals surface area contributed by atoms with E-state index < -0.39 is 0 Å². The molecule has 1 amide bonds. The highest BCUT2D eigenvalue weighted by molar-refractivity contribution is 7.07. The Bertz CT molecular complexity index is 814. The number of nitrogens with one attached hydrogen (secondary N) is 1. The minimum atomic E-state index is -0.170. The van der Waals surface area contributed by atoms with Gasteiger partial charge in [0.25, 0.3) is 5.91 Å². The van der Waals surface area contributed by atoms with Gasteiger partial charge in [0.2, 0.25) is 0 Å². The van der Waals surface area contributed by atoms with Gasteiger partial charge < -0.3 is 5.32 Å². The van der Waals surface area contributed by atoms with E-state index in [9.17, 15) is 4.79 Å². The monoisotopic (exact) mass is 370 g/mol. The lowest BCUT2D eigenvalue weighted by Crippen LogP contribution is -2.38. The maximum atomic E-state index is 12.8. The van der Waals surface area contributed by atoms with Gasteiger partial charge >= 0.3 is 0 Å². The molecular weight excluding hydrogens is 348 g/mol. The molecule has 0 radical (unpaired) electrons. The van der Waals surface area contributed by atoms with Crippen LogP contribution in [0.3, 0.4) is 0 Å². The zero-order valence-corrected chi connectivity index (χ0v) is 15.7. The predicted octanol–water partition coefficient (Wildman–Crippen LogP) is 2.54. The van der Waals surface area contributed by atoms with E-state index in [0.29, 0.717) is 17.9 Å². The standard InChI is InChI=1S/C18H22N6OS/c1-3-23(4-2)16(14-7-9-26-11-14)10-21-18(25)15-6-5-8-20-17(15)24-13-19-12-22-24/h5-9,11-13,16H,3-4,10H2,1-2H3,(H,21,25)/t16-/m1/s1. The largest absolute Gasteiger partial charge is 0.350 e. The second-order valence-corrected chi connectivity index (χ2v) is 6.50. The number of carbonyl (C=O) groups is 1. The maximum Gasteiger partial charge on any atom is 0.255 e. The van der Waals surface area contributed by atoms with Crippen LogP contribution in [0, 0.1) is 0 Å². The third-order valence-corrected chi connectivity index (χ3v) is 5.01. The van der Waals surface area contributed by atoms with Gasteiger partial charge in [0.15, 0.2) is 5.82 Å². The quantitative estimate of drug-likeness (QED) is 0.659. The number of hydrogen-bond acceptors (Lipinski definition) is 6. The van der Waals surface area contributed by atoms with Crippen molar-refractivity contribution in [2.24, 2.45) is 0 Å². The first kappa shape index (κ1) is 18.2. The van der Waals surface area contributed by atoms with E-state index in [1.807, 2.05) is 0 Å². The summed E-state index contributed by atoms with van der Waals surface area (Å²) in [6, 6.07) is 5.75. The predicted molar refractivity (Wildman–Crippen MR) is 101 cm³/mol. The van der Waals surface area contributed by atoms with Crippen molar-refractivity contribution in [2.45, 2.75) is 19.9 Å². The van der Waals surface area contributed by atoms with E-state index in [1.54, 1.807) is 29.7 Å². The molecule has 3 aromatic rings. The van der Waals surface area contributed by atoms with Crippen molar-refractivity contribution in [3.8, 4) is 5.82 Å². The summed E-state index contributed by atoms with van der Waals surface area (Å²) in [5.41, 5.74) is 1.70. The molecule has 3 heterocycles. The number of pyridine rings is 1. The van der Waals surface area contributed by atoms with Crippen molar-refractivity contribution in [1.82, 2.24) is 30.0 Å². The Hall–Kier alpha value is -2.58. The summed E-state index contributed by atoms with van der Waals surface area (Å²) < 4.78 is 1.50. The summed E-state index contributed by atoms with van der Waals surface area (Å²) in [6.45, 7) is 6.64. The molecule has 136 valence electrons. The molecule has 0 saturated carbocycles. The highest BCUT2D eigenvalue weighted by Crippen LogP contribution is 2.22. The van der Waals surface area contributed by atoms with Crippen LogP contribution < -0.4 is 5.32 Å². The number of nitrogens with zero attached hydrogens (tertiary/aromatic N) is 5. The van der Waals surface area contributed by atoms with Crippen LogP contribution in [0.5, 0.6) is 0 Å². The molecule has 7 nitrogen and oxygen atoms in total. The number of carbonyl (C=O) groups excluding carboxylic acids is 1. The van der Waals surface area contributed by atoms with Gasteiger partial charge in [-0.2, -0.15) is 16.4 Å². The number of thiophene rings is 1. The molecule has 0 saturated heterocycles. The second kappa shape index (κ2) is 8.68. The SMILES string of the molecule is CCN(CC)[C@H](CNC(=O)c1cccnc1-n1cncn1)c1ccsc1. The Morgan fingerprint density at radius 2 is 2.19 bits per heavy atom. The van der Waals surface area contributed by atoms with Gasteiger partial charge in [0.05, 0.1) is 11.6 Å². The molecular formula is C18H22N6OS. The van der Waals surface area contributed by atoms with Gasteiger partial charge in [-0.05, 0) is 47.6 Å². The van der Waals surface area contributed by atoms with Crippen LogP contribution in [-0.4, -0.2) is 50.2 Å². The van der Waals surface area contributed by atoms with Gasteiger partial charge in [-0.3, -0.25) is 9.69 Å². The molecule has 0 spiro atoms. The molecule has 3 aromatic heterocycles. The lowest BCUT2D eigenvalue weighted by Gasteiger charge is -2.29. The van der Waals surface area contributed by atoms with Gasteiger partial charge in [-0.1, -0.05) is 13.8 Å². The molecule has 0 aliphatic heterocycles. The third-order valence-electron chi connectivity index (χ3n) is 4.30. The van der Waals surface area contributed by atoms with Crippen LogP contribution in [0.1, 0.15) is 35.8 Å². The molecule has 3 rings (SSSR count). The Kier molecular flexibility index (Phi) is 6.08. The molecule has 0 aliphatic rings. The van der Waals surface area contributed by atoms with Crippen LogP contribution in [0.2, 0.25) is 0 Å². The molecule has 0 aliphatic carbocycles. The third kappa shape index (κ3) is 3.97. The average molecular weight is 370 g/mol. The van der Waals surface area contributed by atoms with Crippen LogP contribution in [-0.2, 0) is 0 Å². The Morgan fingerprint density at radius 1 is 1.35 bits per heavy atom. The van der Waals surface area contributed by atoms with Crippen molar-refractivity contribution < 1.29 is 4.79 Å². The fourth-order valence-corrected chi connectivity index (χ4v) is 3.65. The fraction of sp³-hybridized carbons (Fsp3) is 0.333. The molecule has 26 heavy (non-hydrogen) atoms. The number of hydrogen-bond donors (Lipinski definition) is 1. The molecule has 0 unspecified atom stereocenters. The van der Waals surface area contributed by atoms with Gasteiger partial charge in [-0.25, -0.2) is 14.6 Å². The Morgan fingerprint density at radius 3 is 2.85 bits per heavy atom. The minimum Gasteiger partial charge on any atom is -0.350 e. The van der Waals surface area contributed by atoms with E-state index in [1.165, 1.54) is 22.9 Å². The van der Waals surface area contributed by atoms with Crippen LogP contribution >= 0.6 is 11.3 Å². The first-order valence-electron chi connectivity index (χ1n) is 8.59. The van der Waals surface area contributed by atoms with Crippen molar-refractivity contribution in [3.63, 3.8) is 0 Å². The summed E-state index contributed by atoms with van der Waals surface area (Å²) in [5.74, 6) is 0.299. The van der Waals surface area contributed by atoms with Crippen molar-refractivity contribution in [1.29, 1.82) is 0 Å². The molecule has 0 aromatic carbocycles. The summed E-state index contributed by atoms with van der Waals surface area (Å²) in [4.78, 5) is 23.3. The van der Waals surface area contributed by atoms with Crippen molar-refractivity contribution in [2.75, 3.05) is 19.6 Å². The first-order valence-corrected chi connectivity index (χ1v) is 9.53. The van der Waals surface area contributed by atoms with E-state index >= 15 is 0 Å². The Labute approximate surface area is 156 Å². The molecule has 0 fully saturated rings. The molecule has 8 heteroatoms. The van der Waals surface area contributed by atoms with E-state index in [2.05, 4.69) is 56.0 Å². The van der Waals surface area contributed by atoms with E-state index in [4.69, 9.17) is 0 Å². The summed E-state index contributed by atoms with van der Waals surface area (Å²) in [5, 5.41) is 11.3. The van der Waals surface area contributed by atoms with Crippen LogP contribution in [0.4, 0.5) is 0 Å². The second-order valence-electron chi connectivity index (χ2n) is 5.72. The van der Waals surface area contributed by atoms with Gasteiger partial charge in [-0.15, -0.1) is 0 Å². The highest BCUT2D eigenvalue weighted by Gasteiger charge is 2.21. The minimum absolute atomic E-state index is 0.145. The zero-order valence-electron chi connectivity index (χ0n) is 14.9. The van der Waals surface area contributed by atoms with Gasteiger partial charge in [0, 0.05) is 12.7 Å². The van der Waals surface area contributed by atoms with Gasteiger partial charge in [0.1, 0.15) is 12.7 Å². The molecule has 1 atom stereocenters. The van der Waals surface area contributed by atoms with Crippen LogP contribution in [0.15, 0.2) is 47.8 Å². The summed E-state index contributed by atoms with van der Waals surface area (Å²) >= 11 is 1.67. The smallest absolute Gasteiger partial charge is 0.255 e. The number of likely N-dealkylation sites (N-methyl/N-ethyl adjacent to an activating group) is 1. The lowest BCUT2D eigenvalue weighted by atomic mass is 10.1. The van der Waals surface area contributed by atoms with Crippen molar-refractivity contribution in [3.05, 3.63) is 58.9 Å². The fourth-order valence-electron chi connectivity index (χ4n) is 2.95. The van der Waals surface area contributed by atoms with E-state index in [0.717, 1.165) is 13.1 Å². The highest BCUT2D eigenvalue weighted by atomic mass is 32.1. The first-order chi connectivity index (χ1) is 12.7. The lowest BCUT2D eigenvalue weighted by molar-refractivity contribution is 0.0934. The number of rotatable bonds is 8. The number of aromatic nitrogens is 4. The van der Waals surface area contributed by atoms with Crippen LogP contribution in [0.25, 0.3) is 5.82 Å². The van der Waals surface area contributed by atoms with E-state index in [-0.39, 0.29) is 11.9 Å².